The lowest BCUT2D eigenvalue weighted by Crippen LogP contribution is -2.35. The van der Waals surface area contributed by atoms with Crippen LogP contribution in [0.15, 0.2) is 6.20 Å². The number of aromatic nitrogens is 1. The van der Waals surface area contributed by atoms with E-state index >= 15 is 0 Å². The quantitative estimate of drug-likeness (QED) is 0.823. The van der Waals surface area contributed by atoms with Gasteiger partial charge in [-0.3, -0.25) is 0 Å². The Morgan fingerprint density at radius 3 is 2.78 bits per heavy atom. The lowest BCUT2D eigenvalue weighted by atomic mass is 10.1. The van der Waals surface area contributed by atoms with Crippen molar-refractivity contribution in [1.82, 2.24) is 15.4 Å². The molecule has 0 radical (unpaired) electrons. The third kappa shape index (κ3) is 4.89. The van der Waals surface area contributed by atoms with Gasteiger partial charge in [0.2, 0.25) is 0 Å². The highest BCUT2D eigenvalue weighted by Crippen LogP contribution is 2.24. The van der Waals surface area contributed by atoms with Gasteiger partial charge >= 0.3 is 0 Å². The maximum Gasteiger partial charge on any atom is 0.273 e. The lowest BCUT2D eigenvalue weighted by Gasteiger charge is -2.28. The topological polar surface area (TPSA) is 57.6 Å². The zero-order chi connectivity index (χ0) is 13.4. The van der Waals surface area contributed by atoms with Gasteiger partial charge in [0.1, 0.15) is 6.10 Å². The van der Waals surface area contributed by atoms with Gasteiger partial charge in [-0.2, -0.15) is 0 Å². The van der Waals surface area contributed by atoms with Gasteiger partial charge in [-0.05, 0) is 19.9 Å². The second kappa shape index (κ2) is 8.42. The van der Waals surface area contributed by atoms with E-state index in [2.05, 4.69) is 22.4 Å². The summed E-state index contributed by atoms with van der Waals surface area (Å²) in [7, 11) is 2.13. The standard InChI is InChI=1S/C10H17N3O2S.C2H6/c1-13-4-2-8(3-5-13)15-10-11-6-9(16-10)7-12-14;1-2/h6,8,12,14H,2-5,7H2,1H3;1-2H3. The molecule has 0 amide bonds. The van der Waals surface area contributed by atoms with Crippen LogP contribution in [0.2, 0.25) is 0 Å². The van der Waals surface area contributed by atoms with Crippen LogP contribution in [-0.2, 0) is 6.54 Å². The Morgan fingerprint density at radius 2 is 2.17 bits per heavy atom. The van der Waals surface area contributed by atoms with E-state index in [0.717, 1.165) is 30.8 Å². The maximum absolute atomic E-state index is 8.56. The van der Waals surface area contributed by atoms with E-state index in [1.54, 1.807) is 6.20 Å². The molecule has 1 saturated heterocycles. The van der Waals surface area contributed by atoms with Gasteiger partial charge in [-0.15, -0.1) is 0 Å². The van der Waals surface area contributed by atoms with Crippen LogP contribution < -0.4 is 10.2 Å². The average Bonchev–Trinajstić information content (AvgIpc) is 2.83. The van der Waals surface area contributed by atoms with E-state index in [-0.39, 0.29) is 6.10 Å². The van der Waals surface area contributed by atoms with Crippen molar-refractivity contribution >= 4 is 11.3 Å². The fourth-order valence-electron chi connectivity index (χ4n) is 1.75. The molecule has 104 valence electrons. The van der Waals surface area contributed by atoms with Crippen LogP contribution in [0.1, 0.15) is 31.6 Å². The number of likely N-dealkylation sites (tertiary alicyclic amines) is 1. The van der Waals surface area contributed by atoms with Crippen LogP contribution in [-0.4, -0.2) is 41.3 Å². The Labute approximate surface area is 113 Å². The van der Waals surface area contributed by atoms with Gasteiger partial charge < -0.3 is 14.8 Å². The van der Waals surface area contributed by atoms with Crippen LogP contribution in [0.25, 0.3) is 0 Å². The summed E-state index contributed by atoms with van der Waals surface area (Å²) in [4.78, 5) is 7.47. The third-order valence-electron chi connectivity index (χ3n) is 2.72. The summed E-state index contributed by atoms with van der Waals surface area (Å²) in [5, 5.41) is 9.27. The predicted octanol–water partition coefficient (Wildman–Crippen LogP) is 2.12. The van der Waals surface area contributed by atoms with Gasteiger partial charge in [0.25, 0.3) is 5.19 Å². The van der Waals surface area contributed by atoms with E-state index < -0.39 is 0 Å². The number of hydroxylamine groups is 1. The first kappa shape index (κ1) is 15.4. The normalized spacial score (nSPS) is 17.1. The molecular formula is C12H23N3O2S. The molecule has 0 aromatic carbocycles. The van der Waals surface area contributed by atoms with Crippen molar-refractivity contribution in [3.8, 4) is 5.19 Å². The molecule has 0 saturated carbocycles. The highest BCUT2D eigenvalue weighted by atomic mass is 32.1. The number of thiazole rings is 1. The molecule has 6 heteroatoms. The SMILES string of the molecule is CC.CN1CCC(Oc2ncc(CNO)s2)CC1. The number of rotatable bonds is 4. The number of hydrogen-bond donors (Lipinski definition) is 2. The van der Waals surface area contributed by atoms with Gasteiger partial charge in [0.15, 0.2) is 0 Å². The number of hydrogen-bond acceptors (Lipinski definition) is 6. The molecule has 5 nitrogen and oxygen atoms in total. The molecule has 1 aliphatic heterocycles. The monoisotopic (exact) mass is 273 g/mol. The highest BCUT2D eigenvalue weighted by molar-refractivity contribution is 7.13. The van der Waals surface area contributed by atoms with Crippen LogP contribution in [0.5, 0.6) is 5.19 Å². The number of nitrogens with zero attached hydrogens (tertiary/aromatic N) is 2. The van der Waals surface area contributed by atoms with E-state index in [0.29, 0.717) is 11.7 Å². The summed E-state index contributed by atoms with van der Waals surface area (Å²) >= 11 is 1.48. The molecule has 1 fully saturated rings. The summed E-state index contributed by atoms with van der Waals surface area (Å²) in [5.74, 6) is 0. The van der Waals surface area contributed by atoms with Crippen molar-refractivity contribution in [2.24, 2.45) is 0 Å². The minimum Gasteiger partial charge on any atom is -0.467 e. The minimum atomic E-state index is 0.289. The summed E-state index contributed by atoms with van der Waals surface area (Å²) < 4.78 is 5.80. The fourth-order valence-corrected chi connectivity index (χ4v) is 2.51. The molecule has 0 atom stereocenters. The van der Waals surface area contributed by atoms with Crippen LogP contribution in [0.3, 0.4) is 0 Å². The Kier molecular flexibility index (Phi) is 7.19. The fraction of sp³-hybridized carbons (Fsp3) is 0.750. The molecule has 0 spiro atoms. The minimum absolute atomic E-state index is 0.289. The van der Waals surface area contributed by atoms with Crippen molar-refractivity contribution in [2.75, 3.05) is 20.1 Å². The van der Waals surface area contributed by atoms with Gasteiger partial charge in [0.05, 0.1) is 6.54 Å². The van der Waals surface area contributed by atoms with Gasteiger partial charge in [-0.25, -0.2) is 10.5 Å². The zero-order valence-corrected chi connectivity index (χ0v) is 12.2. The Bertz CT molecular complexity index is 325. The Balaban J connectivity index is 0.000000771. The van der Waals surface area contributed by atoms with E-state index in [1.807, 2.05) is 13.8 Å². The summed E-state index contributed by atoms with van der Waals surface area (Å²) in [6.07, 6.45) is 4.14. The summed E-state index contributed by atoms with van der Waals surface area (Å²) in [5.41, 5.74) is 2.11. The first-order chi connectivity index (χ1) is 8.78. The average molecular weight is 273 g/mol. The Morgan fingerprint density at radius 1 is 1.50 bits per heavy atom. The molecule has 2 N–H and O–H groups in total. The molecule has 0 aliphatic carbocycles. The lowest BCUT2D eigenvalue weighted by molar-refractivity contribution is 0.114. The number of piperidine rings is 1. The van der Waals surface area contributed by atoms with Crippen molar-refractivity contribution in [3.63, 3.8) is 0 Å². The molecule has 1 aliphatic rings. The van der Waals surface area contributed by atoms with Crippen molar-refractivity contribution in [3.05, 3.63) is 11.1 Å². The summed E-state index contributed by atoms with van der Waals surface area (Å²) in [6.45, 7) is 6.59. The smallest absolute Gasteiger partial charge is 0.273 e. The van der Waals surface area contributed by atoms with E-state index in [1.165, 1.54) is 11.3 Å². The second-order valence-corrected chi connectivity index (χ2v) is 5.13. The molecular weight excluding hydrogens is 250 g/mol. The van der Waals surface area contributed by atoms with Gasteiger partial charge in [-0.1, -0.05) is 25.2 Å². The van der Waals surface area contributed by atoms with E-state index in [9.17, 15) is 0 Å². The van der Waals surface area contributed by atoms with Crippen molar-refractivity contribution < 1.29 is 9.94 Å². The highest BCUT2D eigenvalue weighted by Gasteiger charge is 2.19. The molecule has 2 heterocycles. The predicted molar refractivity (Wildman–Crippen MR) is 73.2 cm³/mol. The molecule has 1 aromatic rings. The molecule has 0 unspecified atom stereocenters. The Hall–Kier alpha value is -0.690. The molecule has 1 aromatic heterocycles. The van der Waals surface area contributed by atoms with E-state index in [4.69, 9.17) is 9.94 Å². The third-order valence-corrected chi connectivity index (χ3v) is 3.61. The number of nitrogens with one attached hydrogen (secondary N) is 1. The summed E-state index contributed by atoms with van der Waals surface area (Å²) in [6, 6.07) is 0. The van der Waals surface area contributed by atoms with Crippen LogP contribution >= 0.6 is 11.3 Å². The number of ether oxygens (including phenoxy) is 1. The first-order valence-electron chi connectivity index (χ1n) is 6.45. The molecule has 2 rings (SSSR count). The molecule has 0 bridgehead atoms. The molecule has 18 heavy (non-hydrogen) atoms. The van der Waals surface area contributed by atoms with Crippen molar-refractivity contribution in [1.29, 1.82) is 0 Å². The maximum atomic E-state index is 8.56. The van der Waals surface area contributed by atoms with Crippen LogP contribution in [0, 0.1) is 0 Å². The van der Waals surface area contributed by atoms with Crippen molar-refractivity contribution in [2.45, 2.75) is 39.3 Å². The zero-order valence-electron chi connectivity index (χ0n) is 11.3. The van der Waals surface area contributed by atoms with Crippen LogP contribution in [0.4, 0.5) is 0 Å². The second-order valence-electron chi connectivity index (χ2n) is 4.05. The van der Waals surface area contributed by atoms with Gasteiger partial charge in [0, 0.05) is 24.2 Å². The first-order valence-corrected chi connectivity index (χ1v) is 7.26. The largest absolute Gasteiger partial charge is 0.467 e.